The van der Waals surface area contributed by atoms with E-state index in [4.69, 9.17) is 11.6 Å². The number of thioether (sulfide) groups is 1. The third kappa shape index (κ3) is 8.55. The van der Waals surface area contributed by atoms with Crippen LogP contribution >= 0.6 is 23.4 Å². The van der Waals surface area contributed by atoms with E-state index in [9.17, 15) is 9.59 Å². The molecule has 0 atom stereocenters. The van der Waals surface area contributed by atoms with Crippen LogP contribution < -0.4 is 5.32 Å². The number of hydrogen-bond donors (Lipinski definition) is 1. The van der Waals surface area contributed by atoms with Gasteiger partial charge in [0.1, 0.15) is 0 Å². The Morgan fingerprint density at radius 2 is 1.83 bits per heavy atom. The van der Waals surface area contributed by atoms with Gasteiger partial charge in [0.05, 0.1) is 0 Å². The lowest BCUT2D eigenvalue weighted by molar-refractivity contribution is -0.116. The van der Waals surface area contributed by atoms with Crippen LogP contribution in [-0.4, -0.2) is 17.6 Å². The molecule has 0 spiro atoms. The third-order valence-electron chi connectivity index (χ3n) is 3.61. The lowest BCUT2D eigenvalue weighted by Gasteiger charge is -2.03. The molecular weight excluding hydrogens is 342 g/mol. The van der Waals surface area contributed by atoms with Crippen LogP contribution in [0.3, 0.4) is 0 Å². The zero-order valence-electron chi connectivity index (χ0n) is 14.2. The van der Waals surface area contributed by atoms with Crippen LogP contribution in [0.2, 0.25) is 0 Å². The van der Waals surface area contributed by atoms with E-state index in [2.05, 4.69) is 12.2 Å². The van der Waals surface area contributed by atoms with Gasteiger partial charge in [-0.1, -0.05) is 75.1 Å². The number of alkyl halides is 1. The normalized spacial score (nSPS) is 10.9. The molecule has 0 aromatic heterocycles. The highest BCUT2D eigenvalue weighted by Crippen LogP contribution is 2.19. The molecule has 0 bridgehead atoms. The van der Waals surface area contributed by atoms with Crippen LogP contribution in [0.5, 0.6) is 0 Å². The van der Waals surface area contributed by atoms with E-state index in [0.29, 0.717) is 18.0 Å². The number of halogens is 1. The summed E-state index contributed by atoms with van der Waals surface area (Å²) in [4.78, 5) is 23.8. The number of rotatable bonds is 11. The van der Waals surface area contributed by atoms with E-state index in [1.807, 2.05) is 12.1 Å². The highest BCUT2D eigenvalue weighted by Gasteiger charge is 2.09. The number of carbonyl (C=O) groups is 2. The lowest BCUT2D eigenvalue weighted by Crippen LogP contribution is -2.21. The predicted octanol–water partition coefficient (Wildman–Crippen LogP) is 5.29. The van der Waals surface area contributed by atoms with Gasteiger partial charge in [0.15, 0.2) is 0 Å². The summed E-state index contributed by atoms with van der Waals surface area (Å²) in [6, 6.07) is 7.24. The van der Waals surface area contributed by atoms with Crippen molar-refractivity contribution in [3.8, 4) is 0 Å². The van der Waals surface area contributed by atoms with Crippen molar-refractivity contribution in [3.05, 3.63) is 46.9 Å². The van der Waals surface area contributed by atoms with Gasteiger partial charge in [0.2, 0.25) is 11.0 Å². The van der Waals surface area contributed by atoms with Crippen molar-refractivity contribution in [2.45, 2.75) is 51.3 Å². The Balaban J connectivity index is 2.24. The molecule has 0 unspecified atom stereocenters. The number of benzene rings is 1. The summed E-state index contributed by atoms with van der Waals surface area (Å²) in [7, 11) is 0. The number of nitrogens with one attached hydrogen (secondary N) is 1. The molecule has 0 saturated heterocycles. The standard InChI is InChI=1S/C19H26ClNO2S/c1-2-3-4-5-6-9-13-21-18(22)12-14-24-19(23)17-11-8-7-10-16(17)15-20/h7-8,10-12,14H,2-6,9,13,15H2,1H3,(H,21,22)/b14-12-. The summed E-state index contributed by atoms with van der Waals surface area (Å²) in [6.45, 7) is 2.88. The monoisotopic (exact) mass is 367 g/mol. The van der Waals surface area contributed by atoms with E-state index in [0.717, 1.165) is 30.2 Å². The Hall–Kier alpha value is -1.26. The lowest BCUT2D eigenvalue weighted by atomic mass is 10.1. The van der Waals surface area contributed by atoms with Crippen molar-refractivity contribution in [1.82, 2.24) is 5.32 Å². The van der Waals surface area contributed by atoms with E-state index in [1.54, 1.807) is 12.1 Å². The zero-order valence-corrected chi connectivity index (χ0v) is 15.8. The van der Waals surface area contributed by atoms with Gasteiger partial charge < -0.3 is 5.32 Å². The molecule has 0 aliphatic heterocycles. The minimum absolute atomic E-state index is 0.105. The summed E-state index contributed by atoms with van der Waals surface area (Å²) >= 11 is 6.83. The van der Waals surface area contributed by atoms with Crippen LogP contribution in [0.1, 0.15) is 61.4 Å². The Kier molecular flexibility index (Phi) is 11.3. The maximum Gasteiger partial charge on any atom is 0.244 e. The molecule has 0 aliphatic rings. The molecule has 0 radical (unpaired) electrons. The van der Waals surface area contributed by atoms with Crippen LogP contribution in [0.15, 0.2) is 35.7 Å². The van der Waals surface area contributed by atoms with Crippen molar-refractivity contribution >= 4 is 34.4 Å². The quantitative estimate of drug-likeness (QED) is 0.328. The van der Waals surface area contributed by atoms with Crippen molar-refractivity contribution in [2.24, 2.45) is 0 Å². The molecule has 3 nitrogen and oxygen atoms in total. The fraction of sp³-hybridized carbons (Fsp3) is 0.474. The zero-order chi connectivity index (χ0) is 17.6. The summed E-state index contributed by atoms with van der Waals surface area (Å²) in [5.74, 6) is 0.139. The molecule has 132 valence electrons. The third-order valence-corrected chi connectivity index (χ3v) is 4.60. The summed E-state index contributed by atoms with van der Waals surface area (Å²) in [5.41, 5.74) is 1.40. The van der Waals surface area contributed by atoms with E-state index >= 15 is 0 Å². The van der Waals surface area contributed by atoms with Crippen LogP contribution in [0.4, 0.5) is 0 Å². The Morgan fingerprint density at radius 1 is 1.12 bits per heavy atom. The average Bonchev–Trinajstić information content (AvgIpc) is 2.60. The van der Waals surface area contributed by atoms with Crippen molar-refractivity contribution in [2.75, 3.05) is 6.54 Å². The molecular formula is C19H26ClNO2S. The van der Waals surface area contributed by atoms with Gasteiger partial charge in [-0.2, -0.15) is 0 Å². The molecule has 24 heavy (non-hydrogen) atoms. The van der Waals surface area contributed by atoms with Crippen LogP contribution in [0.25, 0.3) is 0 Å². The molecule has 0 fully saturated rings. The van der Waals surface area contributed by atoms with E-state index < -0.39 is 0 Å². The topological polar surface area (TPSA) is 46.2 Å². The molecule has 1 N–H and O–H groups in total. The minimum atomic E-state index is -0.158. The first-order valence-electron chi connectivity index (χ1n) is 8.48. The predicted molar refractivity (Wildman–Crippen MR) is 103 cm³/mol. The minimum Gasteiger partial charge on any atom is -0.353 e. The fourth-order valence-corrected chi connectivity index (χ4v) is 3.11. The molecule has 0 heterocycles. The van der Waals surface area contributed by atoms with Gasteiger partial charge in [0.25, 0.3) is 0 Å². The van der Waals surface area contributed by atoms with Gasteiger partial charge in [-0.3, -0.25) is 9.59 Å². The second kappa shape index (κ2) is 13.1. The van der Waals surface area contributed by atoms with Crippen molar-refractivity contribution in [3.63, 3.8) is 0 Å². The van der Waals surface area contributed by atoms with E-state index in [-0.39, 0.29) is 11.0 Å². The maximum absolute atomic E-state index is 12.1. The highest BCUT2D eigenvalue weighted by atomic mass is 35.5. The maximum atomic E-state index is 12.1. The smallest absolute Gasteiger partial charge is 0.244 e. The highest BCUT2D eigenvalue weighted by molar-refractivity contribution is 8.16. The van der Waals surface area contributed by atoms with Crippen LogP contribution in [0, 0.1) is 0 Å². The summed E-state index contributed by atoms with van der Waals surface area (Å²) in [6.07, 6.45) is 8.57. The fourth-order valence-electron chi connectivity index (χ4n) is 2.23. The van der Waals surface area contributed by atoms with Gasteiger partial charge in [-0.25, -0.2) is 0 Å². The molecule has 1 aromatic rings. The van der Waals surface area contributed by atoms with Gasteiger partial charge in [-0.15, -0.1) is 11.6 Å². The first-order chi connectivity index (χ1) is 11.7. The number of amides is 1. The van der Waals surface area contributed by atoms with Crippen molar-refractivity contribution < 1.29 is 9.59 Å². The van der Waals surface area contributed by atoms with Gasteiger partial charge in [-0.05, 0) is 17.4 Å². The number of hydrogen-bond acceptors (Lipinski definition) is 3. The van der Waals surface area contributed by atoms with Crippen molar-refractivity contribution in [1.29, 1.82) is 0 Å². The van der Waals surface area contributed by atoms with E-state index in [1.165, 1.54) is 37.2 Å². The first kappa shape index (κ1) is 20.8. The average molecular weight is 368 g/mol. The molecule has 1 amide bonds. The SMILES string of the molecule is CCCCCCCCNC(=O)/C=C\SC(=O)c1ccccc1CCl. The molecule has 1 rings (SSSR count). The number of unbranched alkanes of at least 4 members (excludes halogenated alkanes) is 5. The summed E-state index contributed by atoms with van der Waals surface area (Å²) in [5, 5.41) is 4.26. The number of carbonyl (C=O) groups excluding carboxylic acids is 2. The first-order valence-corrected chi connectivity index (χ1v) is 9.89. The molecule has 0 saturated carbocycles. The Morgan fingerprint density at radius 3 is 2.58 bits per heavy atom. The van der Waals surface area contributed by atoms with Gasteiger partial charge in [0, 0.05) is 24.1 Å². The van der Waals surface area contributed by atoms with Gasteiger partial charge >= 0.3 is 0 Å². The largest absolute Gasteiger partial charge is 0.353 e. The van der Waals surface area contributed by atoms with Crippen LogP contribution in [-0.2, 0) is 10.7 Å². The second-order valence-corrected chi connectivity index (χ2v) is 6.70. The molecule has 5 heteroatoms. The summed E-state index contributed by atoms with van der Waals surface area (Å²) < 4.78 is 0. The Bertz CT molecular complexity index is 546. The Labute approximate surface area is 154 Å². The second-order valence-electron chi connectivity index (χ2n) is 5.56. The molecule has 0 aliphatic carbocycles. The molecule has 1 aromatic carbocycles.